The zero-order chi connectivity index (χ0) is 23.8. The van der Waals surface area contributed by atoms with E-state index in [1.165, 1.54) is 6.92 Å². The van der Waals surface area contributed by atoms with Crippen molar-refractivity contribution in [2.24, 2.45) is 17.1 Å². The molecule has 0 spiro atoms. The normalized spacial score (nSPS) is 15.5. The van der Waals surface area contributed by atoms with Crippen LogP contribution in [0.4, 0.5) is 4.79 Å². The Morgan fingerprint density at radius 1 is 1.10 bits per heavy atom. The van der Waals surface area contributed by atoms with Crippen LogP contribution in [0.5, 0.6) is 0 Å². The Morgan fingerprint density at radius 3 is 2.19 bits per heavy atom. The maximum atomic E-state index is 12.8. The standard InChI is InChI=1S/C21H32N4O6/c1-13(24-16(27)9-11-25-17(28)7-8-18(25)29)15(26)12-14(19(30)21(2,3)4)6-5-10-23-20(22)31/h7-8,13-14H,5-6,9-12H2,1-4H3,(H,24,27)(H3,22,23,31)/t13-,14+/m0/s1. The number of carbonyl (C=O) groups excluding carboxylic acids is 6. The molecule has 0 unspecified atom stereocenters. The lowest BCUT2D eigenvalue weighted by atomic mass is 9.78. The number of Topliss-reactive ketones (excluding diaryl/α,β-unsaturated/α-hetero) is 2. The molecule has 0 aromatic rings. The van der Waals surface area contributed by atoms with E-state index < -0.39 is 41.1 Å². The van der Waals surface area contributed by atoms with Gasteiger partial charge in [0.1, 0.15) is 5.78 Å². The van der Waals surface area contributed by atoms with E-state index in [0.717, 1.165) is 17.1 Å². The molecular formula is C21H32N4O6. The zero-order valence-electron chi connectivity index (χ0n) is 18.5. The fraction of sp³-hybridized carbons (Fsp3) is 0.619. The van der Waals surface area contributed by atoms with Crippen LogP contribution in [-0.4, -0.2) is 59.4 Å². The number of rotatable bonds is 12. The van der Waals surface area contributed by atoms with E-state index in [2.05, 4.69) is 10.6 Å². The fourth-order valence-electron chi connectivity index (χ4n) is 3.18. The third kappa shape index (κ3) is 8.69. The third-order valence-corrected chi connectivity index (χ3v) is 4.91. The first-order valence-corrected chi connectivity index (χ1v) is 10.3. The lowest BCUT2D eigenvalue weighted by Gasteiger charge is -2.25. The molecule has 10 heteroatoms. The predicted octanol–water partition coefficient (Wildman–Crippen LogP) is 0.445. The molecule has 0 aromatic carbocycles. The van der Waals surface area contributed by atoms with Crippen molar-refractivity contribution < 1.29 is 28.8 Å². The zero-order valence-corrected chi connectivity index (χ0v) is 18.5. The molecule has 10 nitrogen and oxygen atoms in total. The van der Waals surface area contributed by atoms with Gasteiger partial charge in [-0.25, -0.2) is 4.79 Å². The molecule has 1 aliphatic heterocycles. The average molecular weight is 437 g/mol. The third-order valence-electron chi connectivity index (χ3n) is 4.91. The van der Waals surface area contributed by atoms with Gasteiger partial charge >= 0.3 is 6.03 Å². The van der Waals surface area contributed by atoms with Gasteiger partial charge in [0, 0.05) is 49.4 Å². The van der Waals surface area contributed by atoms with Crippen molar-refractivity contribution in [1.82, 2.24) is 15.5 Å². The number of ketones is 2. The molecule has 1 heterocycles. The highest BCUT2D eigenvalue weighted by Crippen LogP contribution is 2.26. The summed E-state index contributed by atoms with van der Waals surface area (Å²) in [6.45, 7) is 7.07. The first kappa shape index (κ1) is 26.0. The van der Waals surface area contributed by atoms with Crippen molar-refractivity contribution in [2.45, 2.75) is 59.4 Å². The van der Waals surface area contributed by atoms with Crippen molar-refractivity contribution in [2.75, 3.05) is 13.1 Å². The van der Waals surface area contributed by atoms with Gasteiger partial charge in [-0.05, 0) is 19.8 Å². The number of nitrogens with two attached hydrogens (primary N) is 1. The lowest BCUT2D eigenvalue weighted by molar-refractivity contribution is -0.137. The van der Waals surface area contributed by atoms with E-state index in [1.807, 2.05) is 0 Å². The van der Waals surface area contributed by atoms with E-state index in [1.54, 1.807) is 20.8 Å². The Labute approximate surface area is 182 Å². The molecule has 31 heavy (non-hydrogen) atoms. The molecule has 4 N–H and O–H groups in total. The second-order valence-corrected chi connectivity index (χ2v) is 8.62. The average Bonchev–Trinajstić information content (AvgIpc) is 2.98. The summed E-state index contributed by atoms with van der Waals surface area (Å²) in [6.07, 6.45) is 2.99. The van der Waals surface area contributed by atoms with Crippen LogP contribution in [-0.2, 0) is 24.0 Å². The number of imide groups is 1. The molecule has 0 aromatic heterocycles. The Kier molecular flexibility index (Phi) is 9.54. The Morgan fingerprint density at radius 2 is 1.68 bits per heavy atom. The second-order valence-electron chi connectivity index (χ2n) is 8.62. The highest BCUT2D eigenvalue weighted by molar-refractivity contribution is 6.13. The van der Waals surface area contributed by atoms with Crippen LogP contribution in [0.1, 0.15) is 53.4 Å². The van der Waals surface area contributed by atoms with E-state index in [9.17, 15) is 28.8 Å². The molecule has 2 atom stereocenters. The minimum absolute atomic E-state index is 0.0405. The molecule has 0 bridgehead atoms. The summed E-state index contributed by atoms with van der Waals surface area (Å²) in [5.41, 5.74) is 4.39. The van der Waals surface area contributed by atoms with Crippen LogP contribution in [0.2, 0.25) is 0 Å². The molecule has 0 saturated heterocycles. The molecule has 1 aliphatic rings. The van der Waals surface area contributed by atoms with Gasteiger partial charge in [-0.3, -0.25) is 28.9 Å². The van der Waals surface area contributed by atoms with Gasteiger partial charge in [-0.2, -0.15) is 0 Å². The Hall–Kier alpha value is -3.04. The molecule has 5 amide bonds. The summed E-state index contributed by atoms with van der Waals surface area (Å²) in [5.74, 6) is -2.34. The minimum Gasteiger partial charge on any atom is -0.352 e. The quantitative estimate of drug-likeness (QED) is 0.298. The van der Waals surface area contributed by atoms with Crippen LogP contribution in [0.3, 0.4) is 0 Å². The van der Waals surface area contributed by atoms with Crippen molar-refractivity contribution in [3.63, 3.8) is 0 Å². The number of hydrogen-bond acceptors (Lipinski definition) is 6. The van der Waals surface area contributed by atoms with E-state index in [-0.39, 0.29) is 31.0 Å². The number of carbonyl (C=O) groups is 6. The summed E-state index contributed by atoms with van der Waals surface area (Å²) in [6, 6.07) is -1.48. The van der Waals surface area contributed by atoms with Crippen LogP contribution in [0.25, 0.3) is 0 Å². The van der Waals surface area contributed by atoms with Crippen LogP contribution in [0.15, 0.2) is 12.2 Å². The fourth-order valence-corrected chi connectivity index (χ4v) is 3.18. The maximum Gasteiger partial charge on any atom is 0.312 e. The van der Waals surface area contributed by atoms with E-state index >= 15 is 0 Å². The molecule has 0 aliphatic carbocycles. The van der Waals surface area contributed by atoms with Gasteiger partial charge in [-0.15, -0.1) is 0 Å². The van der Waals surface area contributed by atoms with E-state index in [0.29, 0.717) is 19.4 Å². The predicted molar refractivity (Wildman–Crippen MR) is 112 cm³/mol. The van der Waals surface area contributed by atoms with Crippen LogP contribution in [0, 0.1) is 11.3 Å². The number of primary amides is 1. The van der Waals surface area contributed by atoms with Crippen molar-refractivity contribution in [3.8, 4) is 0 Å². The molecule has 0 saturated carbocycles. The topological polar surface area (TPSA) is 156 Å². The monoisotopic (exact) mass is 436 g/mol. The number of nitrogens with zero attached hydrogens (tertiary/aromatic N) is 1. The smallest absolute Gasteiger partial charge is 0.312 e. The van der Waals surface area contributed by atoms with Gasteiger partial charge in [0.15, 0.2) is 5.78 Å². The number of nitrogens with one attached hydrogen (secondary N) is 2. The summed E-state index contributed by atoms with van der Waals surface area (Å²) in [4.78, 5) is 72.3. The first-order chi connectivity index (χ1) is 14.3. The number of urea groups is 1. The van der Waals surface area contributed by atoms with E-state index in [4.69, 9.17) is 5.73 Å². The van der Waals surface area contributed by atoms with Gasteiger partial charge in [-0.1, -0.05) is 20.8 Å². The Bertz CT molecular complexity index is 750. The largest absolute Gasteiger partial charge is 0.352 e. The molecular weight excluding hydrogens is 404 g/mol. The maximum absolute atomic E-state index is 12.8. The summed E-state index contributed by atoms with van der Waals surface area (Å²) in [7, 11) is 0. The molecule has 1 rings (SSSR count). The van der Waals surface area contributed by atoms with Gasteiger partial charge in [0.25, 0.3) is 11.8 Å². The Balaban J connectivity index is 2.59. The van der Waals surface area contributed by atoms with Crippen LogP contribution < -0.4 is 16.4 Å². The van der Waals surface area contributed by atoms with Gasteiger partial charge < -0.3 is 16.4 Å². The lowest BCUT2D eigenvalue weighted by Crippen LogP contribution is -2.42. The van der Waals surface area contributed by atoms with Crippen molar-refractivity contribution in [3.05, 3.63) is 12.2 Å². The molecule has 0 radical (unpaired) electrons. The van der Waals surface area contributed by atoms with Crippen LogP contribution >= 0.6 is 0 Å². The molecule has 172 valence electrons. The van der Waals surface area contributed by atoms with Crippen molar-refractivity contribution >= 4 is 35.3 Å². The summed E-state index contributed by atoms with van der Waals surface area (Å²) < 4.78 is 0. The second kappa shape index (κ2) is 11.4. The highest BCUT2D eigenvalue weighted by Gasteiger charge is 2.32. The minimum atomic E-state index is -0.824. The van der Waals surface area contributed by atoms with Crippen molar-refractivity contribution in [1.29, 1.82) is 0 Å². The highest BCUT2D eigenvalue weighted by atomic mass is 16.2. The first-order valence-electron chi connectivity index (χ1n) is 10.3. The summed E-state index contributed by atoms with van der Waals surface area (Å²) >= 11 is 0. The number of amides is 5. The van der Waals surface area contributed by atoms with Gasteiger partial charge in [0.2, 0.25) is 5.91 Å². The summed E-state index contributed by atoms with van der Waals surface area (Å²) in [5, 5.41) is 5.01. The van der Waals surface area contributed by atoms with Gasteiger partial charge in [0.05, 0.1) is 6.04 Å². The SMILES string of the molecule is C[C@H](NC(=O)CCN1C(=O)C=CC1=O)C(=O)C[C@@H](CCCNC(N)=O)C(=O)C(C)(C)C. The molecule has 0 fully saturated rings. The number of hydrogen-bond donors (Lipinski definition) is 3.